The lowest BCUT2D eigenvalue weighted by atomic mass is 10.2. The monoisotopic (exact) mass is 208 g/mol. The fraction of sp³-hybridized carbons (Fsp3) is 0.545. The van der Waals surface area contributed by atoms with Crippen molar-refractivity contribution in [2.75, 3.05) is 13.1 Å². The molecule has 0 spiro atoms. The van der Waals surface area contributed by atoms with E-state index in [4.69, 9.17) is 5.11 Å². The van der Waals surface area contributed by atoms with Crippen LogP contribution in [-0.4, -0.2) is 34.0 Å². The number of hydrogen-bond donors (Lipinski definition) is 2. The van der Waals surface area contributed by atoms with Crippen LogP contribution in [0, 0.1) is 0 Å². The van der Waals surface area contributed by atoms with Crippen molar-refractivity contribution in [2.24, 2.45) is 0 Å². The fourth-order valence-electron chi connectivity index (χ4n) is 2.11. The van der Waals surface area contributed by atoms with E-state index in [0.717, 1.165) is 18.8 Å². The number of likely N-dealkylation sites (tertiary alicyclic amines) is 1. The molecule has 1 aromatic heterocycles. The van der Waals surface area contributed by atoms with Crippen molar-refractivity contribution < 1.29 is 9.90 Å². The molecule has 2 N–H and O–H groups in total. The van der Waals surface area contributed by atoms with E-state index in [1.807, 2.05) is 6.07 Å². The molecular weight excluding hydrogens is 192 g/mol. The van der Waals surface area contributed by atoms with Crippen LogP contribution in [0.25, 0.3) is 0 Å². The summed E-state index contributed by atoms with van der Waals surface area (Å²) in [6.07, 6.45) is 2.49. The highest BCUT2D eigenvalue weighted by Crippen LogP contribution is 2.23. The normalized spacial score (nSPS) is 19.3. The molecule has 82 valence electrons. The molecule has 0 bridgehead atoms. The Hall–Kier alpha value is -1.29. The van der Waals surface area contributed by atoms with Crippen molar-refractivity contribution in [1.82, 2.24) is 9.88 Å². The lowest BCUT2D eigenvalue weighted by molar-refractivity contribution is 0.0691. The smallest absolute Gasteiger partial charge is 0.352 e. The number of carbonyl (C=O) groups is 1. The second-order valence-electron chi connectivity index (χ2n) is 4.05. The zero-order valence-electron chi connectivity index (χ0n) is 8.86. The van der Waals surface area contributed by atoms with E-state index >= 15 is 0 Å². The summed E-state index contributed by atoms with van der Waals surface area (Å²) in [6.45, 7) is 4.34. The van der Waals surface area contributed by atoms with Gasteiger partial charge in [-0.3, -0.25) is 4.90 Å². The van der Waals surface area contributed by atoms with Crippen LogP contribution in [-0.2, 0) is 0 Å². The van der Waals surface area contributed by atoms with Gasteiger partial charge in [-0.05, 0) is 45.0 Å². The number of aromatic carboxylic acids is 1. The van der Waals surface area contributed by atoms with Crippen LogP contribution >= 0.6 is 0 Å². The van der Waals surface area contributed by atoms with Gasteiger partial charge in [0.05, 0.1) is 0 Å². The quantitative estimate of drug-likeness (QED) is 0.797. The minimum atomic E-state index is -0.894. The van der Waals surface area contributed by atoms with Crippen LogP contribution in [0.4, 0.5) is 0 Å². The second-order valence-corrected chi connectivity index (χ2v) is 4.05. The average molecular weight is 208 g/mol. The largest absolute Gasteiger partial charge is 0.477 e. The fourth-order valence-corrected chi connectivity index (χ4v) is 2.11. The maximum Gasteiger partial charge on any atom is 0.352 e. The van der Waals surface area contributed by atoms with E-state index < -0.39 is 5.97 Å². The molecule has 1 atom stereocenters. The zero-order chi connectivity index (χ0) is 10.8. The van der Waals surface area contributed by atoms with Crippen LogP contribution in [0.15, 0.2) is 12.1 Å². The molecule has 1 aliphatic heterocycles. The van der Waals surface area contributed by atoms with Crippen LogP contribution in [0.2, 0.25) is 0 Å². The minimum Gasteiger partial charge on any atom is -0.477 e. The molecule has 0 radical (unpaired) electrons. The van der Waals surface area contributed by atoms with Crippen LogP contribution in [0.5, 0.6) is 0 Å². The van der Waals surface area contributed by atoms with Gasteiger partial charge < -0.3 is 10.1 Å². The van der Waals surface area contributed by atoms with Crippen LogP contribution in [0.1, 0.15) is 42.0 Å². The molecule has 1 aromatic rings. The van der Waals surface area contributed by atoms with Gasteiger partial charge in [0.25, 0.3) is 0 Å². The number of aromatic amines is 1. The van der Waals surface area contributed by atoms with Crippen LogP contribution in [0.3, 0.4) is 0 Å². The average Bonchev–Trinajstić information content (AvgIpc) is 2.88. The number of hydrogen-bond acceptors (Lipinski definition) is 2. The Morgan fingerprint density at radius 2 is 2.13 bits per heavy atom. The first kappa shape index (κ1) is 10.2. The Morgan fingerprint density at radius 3 is 2.67 bits per heavy atom. The van der Waals surface area contributed by atoms with Crippen molar-refractivity contribution >= 4 is 5.97 Å². The Kier molecular flexibility index (Phi) is 2.77. The highest BCUT2D eigenvalue weighted by atomic mass is 16.4. The summed E-state index contributed by atoms with van der Waals surface area (Å²) in [4.78, 5) is 16.0. The Bertz CT molecular complexity index is 353. The van der Waals surface area contributed by atoms with Gasteiger partial charge in [-0.2, -0.15) is 0 Å². The van der Waals surface area contributed by atoms with E-state index in [1.165, 1.54) is 12.8 Å². The molecule has 0 aromatic carbocycles. The second kappa shape index (κ2) is 4.06. The number of carboxylic acid groups (broad SMARTS) is 1. The summed E-state index contributed by atoms with van der Waals surface area (Å²) in [5.41, 5.74) is 1.27. The summed E-state index contributed by atoms with van der Waals surface area (Å²) in [5, 5.41) is 8.80. The molecule has 1 fully saturated rings. The maximum absolute atomic E-state index is 10.7. The molecule has 1 aliphatic rings. The highest BCUT2D eigenvalue weighted by molar-refractivity contribution is 5.85. The molecule has 1 unspecified atom stereocenters. The van der Waals surface area contributed by atoms with Gasteiger partial charge >= 0.3 is 5.97 Å². The summed E-state index contributed by atoms with van der Waals surface area (Å²) in [7, 11) is 0. The van der Waals surface area contributed by atoms with Gasteiger partial charge in [0.2, 0.25) is 0 Å². The Balaban J connectivity index is 2.10. The summed E-state index contributed by atoms with van der Waals surface area (Å²) >= 11 is 0. The number of nitrogens with zero attached hydrogens (tertiary/aromatic N) is 1. The third kappa shape index (κ3) is 2.04. The number of rotatable bonds is 3. The maximum atomic E-state index is 10.7. The first-order chi connectivity index (χ1) is 7.18. The van der Waals surface area contributed by atoms with Gasteiger partial charge in [0, 0.05) is 11.7 Å². The van der Waals surface area contributed by atoms with Gasteiger partial charge in [-0.25, -0.2) is 4.79 Å². The Morgan fingerprint density at radius 1 is 1.47 bits per heavy atom. The molecule has 0 amide bonds. The summed E-state index contributed by atoms with van der Waals surface area (Å²) in [5.74, 6) is -0.894. The lowest BCUT2D eigenvalue weighted by Crippen LogP contribution is -2.23. The van der Waals surface area contributed by atoms with Gasteiger partial charge in [0.15, 0.2) is 0 Å². The van der Waals surface area contributed by atoms with E-state index in [0.29, 0.717) is 6.04 Å². The molecule has 2 rings (SSSR count). The first-order valence-corrected chi connectivity index (χ1v) is 5.35. The topological polar surface area (TPSA) is 56.3 Å². The predicted molar refractivity (Wildman–Crippen MR) is 57.0 cm³/mol. The van der Waals surface area contributed by atoms with Gasteiger partial charge in [-0.1, -0.05) is 0 Å². The standard InChI is InChI=1S/C11H16N2O2/c1-8(13-6-2-3-7-13)9-4-5-10(12-9)11(14)15/h4-5,8,12H,2-3,6-7H2,1H3,(H,14,15). The minimum absolute atomic E-state index is 0.274. The molecule has 4 nitrogen and oxygen atoms in total. The molecule has 0 saturated carbocycles. The Labute approximate surface area is 88.9 Å². The van der Waals surface area contributed by atoms with Crippen molar-refractivity contribution in [3.8, 4) is 0 Å². The molecule has 1 saturated heterocycles. The number of aromatic nitrogens is 1. The lowest BCUT2D eigenvalue weighted by Gasteiger charge is -2.22. The third-order valence-electron chi connectivity index (χ3n) is 3.08. The molecule has 2 heterocycles. The number of carboxylic acids is 1. The van der Waals surface area contributed by atoms with E-state index in [1.54, 1.807) is 6.07 Å². The summed E-state index contributed by atoms with van der Waals surface area (Å²) < 4.78 is 0. The number of nitrogens with one attached hydrogen (secondary N) is 1. The molecular formula is C11H16N2O2. The van der Waals surface area contributed by atoms with E-state index in [2.05, 4.69) is 16.8 Å². The SMILES string of the molecule is CC(c1ccc(C(=O)O)[nH]1)N1CCCC1. The summed E-state index contributed by atoms with van der Waals surface area (Å²) in [6, 6.07) is 3.79. The van der Waals surface area contributed by atoms with Crippen molar-refractivity contribution in [1.29, 1.82) is 0 Å². The van der Waals surface area contributed by atoms with E-state index in [-0.39, 0.29) is 5.69 Å². The van der Waals surface area contributed by atoms with Crippen molar-refractivity contribution in [3.63, 3.8) is 0 Å². The first-order valence-electron chi connectivity index (χ1n) is 5.35. The van der Waals surface area contributed by atoms with Gasteiger partial charge in [0.1, 0.15) is 5.69 Å². The van der Waals surface area contributed by atoms with Crippen LogP contribution < -0.4 is 0 Å². The third-order valence-corrected chi connectivity index (χ3v) is 3.08. The molecule has 0 aliphatic carbocycles. The predicted octanol–water partition coefficient (Wildman–Crippen LogP) is 1.87. The zero-order valence-corrected chi connectivity index (χ0v) is 8.86. The van der Waals surface area contributed by atoms with E-state index in [9.17, 15) is 4.79 Å². The molecule has 15 heavy (non-hydrogen) atoms. The van der Waals surface area contributed by atoms with Crippen molar-refractivity contribution in [3.05, 3.63) is 23.5 Å². The molecule has 4 heteroatoms. The van der Waals surface area contributed by atoms with Gasteiger partial charge in [-0.15, -0.1) is 0 Å². The van der Waals surface area contributed by atoms with Crippen molar-refractivity contribution in [2.45, 2.75) is 25.8 Å². The number of H-pyrrole nitrogens is 1. The highest BCUT2D eigenvalue weighted by Gasteiger charge is 2.20.